The molecule has 4 nitrogen and oxygen atoms in total. The van der Waals surface area contributed by atoms with E-state index in [0.717, 1.165) is 19.3 Å². The van der Waals surface area contributed by atoms with E-state index < -0.39 is 0 Å². The summed E-state index contributed by atoms with van der Waals surface area (Å²) in [5, 5.41) is 2.93. The van der Waals surface area contributed by atoms with Gasteiger partial charge >= 0.3 is 0 Å². The average Bonchev–Trinajstić information content (AvgIpc) is 2.89. The van der Waals surface area contributed by atoms with Gasteiger partial charge in [-0.3, -0.25) is 9.59 Å². The average molecular weight is 260 g/mol. The number of nitrogens with one attached hydrogen (secondary N) is 1. The van der Waals surface area contributed by atoms with Crippen LogP contribution in [-0.2, 0) is 16.0 Å². The van der Waals surface area contributed by atoms with Gasteiger partial charge in [0, 0.05) is 20.0 Å². The Morgan fingerprint density at radius 2 is 2.05 bits per heavy atom. The number of nitrogens with zero attached hydrogens (tertiary/aromatic N) is 1. The highest BCUT2D eigenvalue weighted by atomic mass is 16.2. The first-order valence-electron chi connectivity index (χ1n) is 6.77. The molecule has 0 spiro atoms. The Bertz CT molecular complexity index is 445. The first-order chi connectivity index (χ1) is 9.18. The molecule has 4 heteroatoms. The van der Waals surface area contributed by atoms with E-state index in [4.69, 9.17) is 0 Å². The fourth-order valence-corrected chi connectivity index (χ4v) is 2.51. The predicted molar refractivity (Wildman–Crippen MR) is 73.6 cm³/mol. The second-order valence-corrected chi connectivity index (χ2v) is 4.90. The van der Waals surface area contributed by atoms with Crippen LogP contribution in [0.2, 0.25) is 0 Å². The van der Waals surface area contributed by atoms with Gasteiger partial charge in [0.05, 0.1) is 0 Å². The highest BCUT2D eigenvalue weighted by Crippen LogP contribution is 2.17. The molecule has 2 rings (SSSR count). The van der Waals surface area contributed by atoms with Gasteiger partial charge in [-0.05, 0) is 24.8 Å². The van der Waals surface area contributed by atoms with Crippen molar-refractivity contribution in [1.82, 2.24) is 10.2 Å². The van der Waals surface area contributed by atoms with Crippen LogP contribution in [0.4, 0.5) is 0 Å². The molecule has 0 aliphatic carbocycles. The maximum Gasteiger partial charge on any atom is 0.242 e. The fraction of sp³-hybridized carbons (Fsp3) is 0.467. The zero-order valence-corrected chi connectivity index (χ0v) is 11.3. The molecule has 0 unspecified atom stereocenters. The van der Waals surface area contributed by atoms with Crippen LogP contribution in [0.5, 0.6) is 0 Å². The van der Waals surface area contributed by atoms with Gasteiger partial charge in [0.2, 0.25) is 11.8 Å². The Morgan fingerprint density at radius 1 is 1.32 bits per heavy atom. The van der Waals surface area contributed by atoms with Crippen molar-refractivity contribution in [3.05, 3.63) is 35.9 Å². The van der Waals surface area contributed by atoms with Crippen molar-refractivity contribution in [3.8, 4) is 0 Å². The molecule has 1 heterocycles. The van der Waals surface area contributed by atoms with Gasteiger partial charge in [0.15, 0.2) is 0 Å². The predicted octanol–water partition coefficient (Wildman–Crippen LogP) is 1.36. The van der Waals surface area contributed by atoms with Gasteiger partial charge in [-0.1, -0.05) is 30.3 Å². The molecule has 1 saturated heterocycles. The van der Waals surface area contributed by atoms with Gasteiger partial charge in [0.25, 0.3) is 0 Å². The first kappa shape index (κ1) is 13.6. The summed E-state index contributed by atoms with van der Waals surface area (Å²) in [6, 6.07) is 9.78. The van der Waals surface area contributed by atoms with E-state index in [1.54, 1.807) is 4.90 Å². The first-order valence-corrected chi connectivity index (χ1v) is 6.77. The van der Waals surface area contributed by atoms with Crippen molar-refractivity contribution < 1.29 is 9.59 Å². The summed E-state index contributed by atoms with van der Waals surface area (Å²) < 4.78 is 0. The van der Waals surface area contributed by atoms with Crippen LogP contribution in [0.1, 0.15) is 25.3 Å². The smallest absolute Gasteiger partial charge is 0.242 e. The lowest BCUT2D eigenvalue weighted by molar-refractivity contribution is -0.136. The van der Waals surface area contributed by atoms with Crippen molar-refractivity contribution in [2.24, 2.45) is 0 Å². The molecule has 0 saturated carbocycles. The van der Waals surface area contributed by atoms with Crippen LogP contribution < -0.4 is 5.32 Å². The molecular weight excluding hydrogens is 240 g/mol. The van der Waals surface area contributed by atoms with Crippen LogP contribution in [0.15, 0.2) is 30.3 Å². The Labute approximate surface area is 113 Å². The number of carbonyl (C=O) groups excluding carboxylic acids is 2. The summed E-state index contributed by atoms with van der Waals surface area (Å²) in [6.07, 6.45) is 2.51. The van der Waals surface area contributed by atoms with E-state index in [1.807, 2.05) is 30.3 Å². The highest BCUT2D eigenvalue weighted by Gasteiger charge is 2.31. The standard InChI is InChI=1S/C15H20N2O2/c1-12(18)17-11-5-8-14(17)15(19)16-10-9-13-6-3-2-4-7-13/h2-4,6-7,14H,5,8-11H2,1H3,(H,16,19)/t14-/m0/s1. The third-order valence-corrected chi connectivity index (χ3v) is 3.52. The fourth-order valence-electron chi connectivity index (χ4n) is 2.51. The normalized spacial score (nSPS) is 18.4. The van der Waals surface area contributed by atoms with Gasteiger partial charge in [-0.2, -0.15) is 0 Å². The molecule has 1 atom stereocenters. The number of rotatable bonds is 4. The number of benzene rings is 1. The molecule has 1 aromatic rings. The largest absolute Gasteiger partial charge is 0.354 e. The molecule has 1 fully saturated rings. The molecule has 0 aromatic heterocycles. The monoisotopic (exact) mass is 260 g/mol. The van der Waals surface area contributed by atoms with Crippen molar-refractivity contribution >= 4 is 11.8 Å². The molecule has 2 amide bonds. The van der Waals surface area contributed by atoms with Crippen LogP contribution in [0.25, 0.3) is 0 Å². The summed E-state index contributed by atoms with van der Waals surface area (Å²) in [5.41, 5.74) is 1.21. The zero-order chi connectivity index (χ0) is 13.7. The lowest BCUT2D eigenvalue weighted by Crippen LogP contribution is -2.45. The van der Waals surface area contributed by atoms with E-state index >= 15 is 0 Å². The van der Waals surface area contributed by atoms with E-state index in [2.05, 4.69) is 5.32 Å². The number of carbonyl (C=O) groups is 2. The Morgan fingerprint density at radius 3 is 2.74 bits per heavy atom. The van der Waals surface area contributed by atoms with Crippen LogP contribution in [0.3, 0.4) is 0 Å². The molecule has 19 heavy (non-hydrogen) atoms. The highest BCUT2D eigenvalue weighted by molar-refractivity contribution is 5.87. The lowest BCUT2D eigenvalue weighted by atomic mass is 10.1. The summed E-state index contributed by atoms with van der Waals surface area (Å²) >= 11 is 0. The molecule has 1 N–H and O–H groups in total. The minimum atomic E-state index is -0.270. The molecule has 0 radical (unpaired) electrons. The van der Waals surface area contributed by atoms with Crippen molar-refractivity contribution in [1.29, 1.82) is 0 Å². The Kier molecular flexibility index (Phi) is 4.55. The molecule has 0 bridgehead atoms. The maximum atomic E-state index is 12.0. The second kappa shape index (κ2) is 6.36. The van der Waals surface area contributed by atoms with Gasteiger partial charge < -0.3 is 10.2 Å². The molecule has 1 aliphatic rings. The molecule has 1 aromatic carbocycles. The van der Waals surface area contributed by atoms with Gasteiger partial charge in [-0.15, -0.1) is 0 Å². The number of likely N-dealkylation sites (tertiary alicyclic amines) is 1. The van der Waals surface area contributed by atoms with E-state index in [-0.39, 0.29) is 17.9 Å². The summed E-state index contributed by atoms with van der Waals surface area (Å²) in [6.45, 7) is 2.84. The summed E-state index contributed by atoms with van der Waals surface area (Å²) in [5.74, 6) is -0.0376. The number of amides is 2. The SMILES string of the molecule is CC(=O)N1CCC[C@H]1C(=O)NCCc1ccccc1. The summed E-state index contributed by atoms with van der Waals surface area (Å²) in [4.78, 5) is 25.1. The third kappa shape index (κ3) is 3.56. The van der Waals surface area contributed by atoms with Crippen LogP contribution in [0, 0.1) is 0 Å². The minimum absolute atomic E-state index is 0.0132. The zero-order valence-electron chi connectivity index (χ0n) is 11.3. The van der Waals surface area contributed by atoms with Gasteiger partial charge in [0.1, 0.15) is 6.04 Å². The quantitative estimate of drug-likeness (QED) is 0.888. The van der Waals surface area contributed by atoms with E-state index in [9.17, 15) is 9.59 Å². The molecule has 1 aliphatic heterocycles. The van der Waals surface area contributed by atoms with Crippen LogP contribution >= 0.6 is 0 Å². The topological polar surface area (TPSA) is 49.4 Å². The lowest BCUT2D eigenvalue weighted by Gasteiger charge is -2.22. The minimum Gasteiger partial charge on any atom is -0.354 e. The third-order valence-electron chi connectivity index (χ3n) is 3.52. The van der Waals surface area contributed by atoms with Crippen molar-refractivity contribution in [3.63, 3.8) is 0 Å². The van der Waals surface area contributed by atoms with Crippen molar-refractivity contribution in [2.45, 2.75) is 32.2 Å². The van der Waals surface area contributed by atoms with Crippen molar-refractivity contribution in [2.75, 3.05) is 13.1 Å². The Hall–Kier alpha value is -1.84. The second-order valence-electron chi connectivity index (χ2n) is 4.90. The number of hydrogen-bond donors (Lipinski definition) is 1. The molecular formula is C15H20N2O2. The molecule has 102 valence electrons. The van der Waals surface area contributed by atoms with E-state index in [0.29, 0.717) is 13.1 Å². The summed E-state index contributed by atoms with van der Waals surface area (Å²) in [7, 11) is 0. The van der Waals surface area contributed by atoms with E-state index in [1.165, 1.54) is 12.5 Å². The Balaban J connectivity index is 1.80. The maximum absolute atomic E-state index is 12.0. The number of hydrogen-bond acceptors (Lipinski definition) is 2. The van der Waals surface area contributed by atoms with Crippen LogP contribution in [-0.4, -0.2) is 35.8 Å². The van der Waals surface area contributed by atoms with Gasteiger partial charge in [-0.25, -0.2) is 0 Å².